The van der Waals surface area contributed by atoms with Crippen molar-refractivity contribution in [3.05, 3.63) is 102 Å². The van der Waals surface area contributed by atoms with Crippen LogP contribution in [0.25, 0.3) is 0 Å². The van der Waals surface area contributed by atoms with Crippen LogP contribution in [0.5, 0.6) is 5.75 Å². The second kappa shape index (κ2) is 14.8. The molecule has 1 aliphatic rings. The summed E-state index contributed by atoms with van der Waals surface area (Å²) in [5, 5.41) is 3.08. The number of rotatable bonds is 15. The first kappa shape index (κ1) is 30.3. The smallest absolute Gasteiger partial charge is 0.244 e. The molecule has 3 aromatic rings. The monoisotopic (exact) mass is 575 g/mol. The van der Waals surface area contributed by atoms with Crippen molar-refractivity contribution < 1.29 is 17.9 Å². The number of aryl methyl sites for hydroxylation is 1. The fraction of sp³-hybridized carbons (Fsp3) is 0.394. The minimum atomic E-state index is -3.34. The topological polar surface area (TPSA) is 88.1 Å². The maximum atomic E-state index is 13.6. The molecule has 0 radical (unpaired) electrons. The predicted octanol–water partition coefficient (Wildman–Crippen LogP) is 4.85. The van der Waals surface area contributed by atoms with E-state index in [9.17, 15) is 13.2 Å². The number of hydrogen-bond donors (Lipinski definition) is 1. The van der Waals surface area contributed by atoms with Crippen molar-refractivity contribution in [2.24, 2.45) is 4.99 Å². The average molecular weight is 576 g/mol. The van der Waals surface area contributed by atoms with Crippen LogP contribution in [0.3, 0.4) is 0 Å². The highest BCUT2D eigenvalue weighted by Gasteiger charge is 2.41. The number of hydrogen-bond acceptors (Lipinski definition) is 6. The number of nitrogens with one attached hydrogen (secondary N) is 1. The zero-order valence-electron chi connectivity index (χ0n) is 24.0. The van der Waals surface area contributed by atoms with Gasteiger partial charge in [0.05, 0.1) is 6.04 Å². The Bertz CT molecular complexity index is 1380. The molecule has 0 aromatic heterocycles. The van der Waals surface area contributed by atoms with Crippen molar-refractivity contribution in [1.82, 2.24) is 10.2 Å². The van der Waals surface area contributed by atoms with Gasteiger partial charge in [-0.2, -0.15) is 0 Å². The van der Waals surface area contributed by atoms with Gasteiger partial charge in [-0.1, -0.05) is 86.1 Å². The van der Waals surface area contributed by atoms with Gasteiger partial charge in [-0.05, 0) is 54.5 Å². The molecule has 1 aliphatic heterocycles. The van der Waals surface area contributed by atoms with E-state index in [0.717, 1.165) is 42.6 Å². The van der Waals surface area contributed by atoms with Crippen LogP contribution in [-0.4, -0.2) is 62.2 Å². The average Bonchev–Trinajstić information content (AvgIpc) is 3.28. The standard InChI is InChI=1S/C33H41N3O4S/c1-3-4-21-34-33(37)32-30(23-27-17-19-29(20-18-27)40-24-28-14-9-6-10-15-28)35-31(25-41(2,38)39)36(32)22-11-16-26-12-7-5-8-13-26/h5-10,12-15,17-20,30,32H,3-4,11,16,21-25H2,1-2H3,(H,34,37). The molecular formula is C33H41N3O4S. The number of unbranched alkanes of at least 4 members (excludes halogenated alkanes) is 1. The lowest BCUT2D eigenvalue weighted by Gasteiger charge is -2.30. The number of nitrogens with zero attached hydrogens (tertiary/aromatic N) is 2. The van der Waals surface area contributed by atoms with Gasteiger partial charge in [-0.3, -0.25) is 9.79 Å². The third-order valence-electron chi connectivity index (χ3n) is 7.16. The Balaban J connectivity index is 1.50. The molecule has 1 heterocycles. The van der Waals surface area contributed by atoms with E-state index in [2.05, 4.69) is 24.4 Å². The molecule has 0 fully saturated rings. The molecule has 7 nitrogen and oxygen atoms in total. The normalized spacial score (nSPS) is 16.8. The first-order valence-corrected chi connectivity index (χ1v) is 16.5. The number of amidine groups is 1. The molecule has 0 saturated heterocycles. The number of amides is 1. The summed E-state index contributed by atoms with van der Waals surface area (Å²) < 4.78 is 30.7. The number of benzene rings is 3. The van der Waals surface area contributed by atoms with Gasteiger partial charge < -0.3 is 15.0 Å². The molecule has 0 saturated carbocycles. The van der Waals surface area contributed by atoms with Crippen LogP contribution in [0.15, 0.2) is 89.9 Å². The Morgan fingerprint density at radius 1 is 0.902 bits per heavy atom. The van der Waals surface area contributed by atoms with E-state index in [1.807, 2.05) is 77.7 Å². The van der Waals surface area contributed by atoms with Crippen molar-refractivity contribution in [2.75, 3.05) is 25.1 Å². The van der Waals surface area contributed by atoms with E-state index >= 15 is 0 Å². The molecule has 1 amide bonds. The van der Waals surface area contributed by atoms with E-state index in [4.69, 9.17) is 9.73 Å². The van der Waals surface area contributed by atoms with Gasteiger partial charge in [0.2, 0.25) is 5.91 Å². The Morgan fingerprint density at radius 2 is 1.56 bits per heavy atom. The Kier molecular flexibility index (Phi) is 11.0. The number of carbonyl (C=O) groups is 1. The van der Waals surface area contributed by atoms with Crippen LogP contribution in [0.2, 0.25) is 0 Å². The van der Waals surface area contributed by atoms with E-state index < -0.39 is 15.9 Å². The van der Waals surface area contributed by atoms with Crippen LogP contribution in [-0.2, 0) is 34.1 Å². The molecule has 2 unspecified atom stereocenters. The molecular weight excluding hydrogens is 534 g/mol. The van der Waals surface area contributed by atoms with Crippen molar-refractivity contribution in [2.45, 2.75) is 57.7 Å². The maximum Gasteiger partial charge on any atom is 0.244 e. The molecule has 8 heteroatoms. The molecule has 1 N–H and O–H groups in total. The van der Waals surface area contributed by atoms with Crippen LogP contribution >= 0.6 is 0 Å². The SMILES string of the molecule is CCCCNC(=O)C1C(Cc2ccc(OCc3ccccc3)cc2)N=C(CS(C)(=O)=O)N1CCCc1ccccc1. The van der Waals surface area contributed by atoms with Crippen molar-refractivity contribution >= 4 is 21.6 Å². The van der Waals surface area contributed by atoms with Crippen LogP contribution in [0, 0.1) is 0 Å². The maximum absolute atomic E-state index is 13.6. The fourth-order valence-corrected chi connectivity index (χ4v) is 5.81. The molecule has 2 atom stereocenters. The van der Waals surface area contributed by atoms with Crippen molar-refractivity contribution in [3.8, 4) is 5.75 Å². The van der Waals surface area contributed by atoms with E-state index in [1.54, 1.807) is 0 Å². The molecule has 0 spiro atoms. The van der Waals surface area contributed by atoms with Gasteiger partial charge in [0, 0.05) is 19.3 Å². The first-order valence-electron chi connectivity index (χ1n) is 14.4. The third-order valence-corrected chi connectivity index (χ3v) is 7.94. The number of sulfone groups is 1. The molecule has 4 rings (SSSR count). The number of aliphatic imine (C=N–C) groups is 1. The fourth-order valence-electron chi connectivity index (χ4n) is 5.10. The minimum absolute atomic E-state index is 0.0989. The van der Waals surface area contributed by atoms with Gasteiger partial charge in [-0.15, -0.1) is 0 Å². The summed E-state index contributed by atoms with van der Waals surface area (Å²) in [6, 6.07) is 27.1. The summed E-state index contributed by atoms with van der Waals surface area (Å²) in [5.41, 5.74) is 3.32. The lowest BCUT2D eigenvalue weighted by Crippen LogP contribution is -2.52. The Labute approximate surface area is 244 Å². The highest BCUT2D eigenvalue weighted by Crippen LogP contribution is 2.25. The molecule has 0 aliphatic carbocycles. The summed E-state index contributed by atoms with van der Waals surface area (Å²) in [7, 11) is -3.34. The van der Waals surface area contributed by atoms with Gasteiger partial charge >= 0.3 is 0 Å². The summed E-state index contributed by atoms with van der Waals surface area (Å²) >= 11 is 0. The third kappa shape index (κ3) is 9.46. The highest BCUT2D eigenvalue weighted by molar-refractivity contribution is 7.91. The quantitative estimate of drug-likeness (QED) is 0.262. The van der Waals surface area contributed by atoms with Gasteiger partial charge in [0.1, 0.15) is 30.0 Å². The van der Waals surface area contributed by atoms with Crippen molar-refractivity contribution in [1.29, 1.82) is 0 Å². The summed E-state index contributed by atoms with van der Waals surface area (Å²) in [6.07, 6.45) is 5.22. The zero-order chi connectivity index (χ0) is 29.1. The number of carbonyl (C=O) groups excluding carboxylic acids is 1. The Hall–Kier alpha value is -3.65. The first-order chi connectivity index (χ1) is 19.8. The Morgan fingerprint density at radius 3 is 2.20 bits per heavy atom. The summed E-state index contributed by atoms with van der Waals surface area (Å²) in [5.74, 6) is 0.962. The van der Waals surface area contributed by atoms with E-state index in [0.29, 0.717) is 32.0 Å². The van der Waals surface area contributed by atoms with Gasteiger partial charge in [-0.25, -0.2) is 8.42 Å². The van der Waals surface area contributed by atoms with Crippen LogP contribution in [0.4, 0.5) is 0 Å². The lowest BCUT2D eigenvalue weighted by molar-refractivity contribution is -0.125. The van der Waals surface area contributed by atoms with Crippen LogP contribution < -0.4 is 10.1 Å². The largest absolute Gasteiger partial charge is 0.489 e. The molecule has 0 bridgehead atoms. The van der Waals surface area contributed by atoms with E-state index in [1.165, 1.54) is 11.8 Å². The summed E-state index contributed by atoms with van der Waals surface area (Å²) in [4.78, 5) is 20.4. The second-order valence-electron chi connectivity index (χ2n) is 10.7. The number of ether oxygens (including phenoxy) is 1. The van der Waals surface area contributed by atoms with E-state index in [-0.39, 0.29) is 17.7 Å². The second-order valence-corrected chi connectivity index (χ2v) is 12.8. The van der Waals surface area contributed by atoms with Crippen molar-refractivity contribution in [3.63, 3.8) is 0 Å². The van der Waals surface area contributed by atoms with Gasteiger partial charge in [0.15, 0.2) is 9.84 Å². The minimum Gasteiger partial charge on any atom is -0.489 e. The molecule has 3 aromatic carbocycles. The highest BCUT2D eigenvalue weighted by atomic mass is 32.2. The zero-order valence-corrected chi connectivity index (χ0v) is 24.9. The lowest BCUT2D eigenvalue weighted by atomic mass is 9.98. The molecule has 218 valence electrons. The van der Waals surface area contributed by atoms with Gasteiger partial charge in [0.25, 0.3) is 0 Å². The predicted molar refractivity (Wildman–Crippen MR) is 165 cm³/mol. The van der Waals surface area contributed by atoms with Crippen LogP contribution in [0.1, 0.15) is 42.9 Å². The summed E-state index contributed by atoms with van der Waals surface area (Å²) in [6.45, 7) is 3.71. The molecule has 41 heavy (non-hydrogen) atoms.